The molecule has 1 aromatic rings. The van der Waals surface area contributed by atoms with Gasteiger partial charge in [-0.1, -0.05) is 0 Å². The van der Waals surface area contributed by atoms with Crippen LogP contribution in [0.2, 0.25) is 0 Å². The van der Waals surface area contributed by atoms with Crippen molar-refractivity contribution in [2.45, 2.75) is 19.0 Å². The third-order valence-electron chi connectivity index (χ3n) is 2.10. The molecular formula is C7H12N4. The van der Waals surface area contributed by atoms with Crippen LogP contribution in [0.15, 0.2) is 6.33 Å². The topological polar surface area (TPSA) is 66.7 Å². The van der Waals surface area contributed by atoms with Crippen LogP contribution in [0.4, 0.5) is 0 Å². The van der Waals surface area contributed by atoms with Gasteiger partial charge in [0.2, 0.25) is 0 Å². The van der Waals surface area contributed by atoms with Crippen molar-refractivity contribution >= 4 is 0 Å². The maximum atomic E-state index is 5.53. The van der Waals surface area contributed by atoms with Crippen LogP contribution in [0, 0.1) is 0 Å². The summed E-state index contributed by atoms with van der Waals surface area (Å²) < 4.78 is 0. The van der Waals surface area contributed by atoms with Gasteiger partial charge in [-0.05, 0) is 0 Å². The molecule has 2 rings (SSSR count). The summed E-state index contributed by atoms with van der Waals surface area (Å²) in [5.74, 6) is 0. The van der Waals surface area contributed by atoms with Crippen molar-refractivity contribution in [2.75, 3.05) is 6.54 Å². The molecule has 1 atom stereocenters. The van der Waals surface area contributed by atoms with Crippen molar-refractivity contribution in [3.8, 4) is 0 Å². The fraction of sp³-hybridized carbons (Fsp3) is 0.571. The van der Waals surface area contributed by atoms with Crippen LogP contribution >= 0.6 is 0 Å². The van der Waals surface area contributed by atoms with Crippen molar-refractivity contribution in [1.82, 2.24) is 15.3 Å². The zero-order valence-electron chi connectivity index (χ0n) is 6.30. The molecule has 0 amide bonds. The Balaban J connectivity index is 2.18. The Hall–Kier alpha value is -0.870. The highest BCUT2D eigenvalue weighted by atomic mass is 15.0. The van der Waals surface area contributed by atoms with E-state index in [9.17, 15) is 0 Å². The minimum absolute atomic E-state index is 0.408. The highest BCUT2D eigenvalue weighted by Gasteiger charge is 2.17. The third kappa shape index (κ3) is 1.15. The number of H-pyrrole nitrogens is 1. The zero-order valence-corrected chi connectivity index (χ0v) is 6.30. The number of hydrogen-bond donors (Lipinski definition) is 3. The maximum absolute atomic E-state index is 5.53. The third-order valence-corrected chi connectivity index (χ3v) is 2.10. The molecule has 0 saturated carbocycles. The Labute approximate surface area is 65.2 Å². The van der Waals surface area contributed by atoms with E-state index in [-0.39, 0.29) is 0 Å². The van der Waals surface area contributed by atoms with Crippen LogP contribution in [0.1, 0.15) is 11.4 Å². The Morgan fingerprint density at radius 1 is 1.73 bits per heavy atom. The van der Waals surface area contributed by atoms with Gasteiger partial charge >= 0.3 is 0 Å². The summed E-state index contributed by atoms with van der Waals surface area (Å²) in [6.07, 6.45) is 2.70. The summed E-state index contributed by atoms with van der Waals surface area (Å²) in [6, 6.07) is 0.408. The lowest BCUT2D eigenvalue weighted by Crippen LogP contribution is -2.41. The quantitative estimate of drug-likeness (QED) is 0.502. The molecule has 0 aliphatic carbocycles. The van der Waals surface area contributed by atoms with Crippen LogP contribution in [-0.4, -0.2) is 22.6 Å². The average molecular weight is 152 g/mol. The zero-order chi connectivity index (χ0) is 7.68. The van der Waals surface area contributed by atoms with Crippen molar-refractivity contribution in [1.29, 1.82) is 0 Å². The minimum Gasteiger partial charge on any atom is -0.347 e. The van der Waals surface area contributed by atoms with Crippen LogP contribution in [0.5, 0.6) is 0 Å². The molecule has 1 unspecified atom stereocenters. The molecule has 0 fully saturated rings. The monoisotopic (exact) mass is 152 g/mol. The van der Waals surface area contributed by atoms with Gasteiger partial charge in [-0.3, -0.25) is 0 Å². The smallest absolute Gasteiger partial charge is 0.0925 e. The van der Waals surface area contributed by atoms with Gasteiger partial charge in [0.05, 0.1) is 17.7 Å². The number of hydrogen-bond acceptors (Lipinski definition) is 3. The van der Waals surface area contributed by atoms with E-state index in [1.165, 1.54) is 11.4 Å². The normalized spacial score (nSPS) is 23.2. The van der Waals surface area contributed by atoms with Gasteiger partial charge in [-0.15, -0.1) is 0 Å². The molecule has 60 valence electrons. The first-order valence-electron chi connectivity index (χ1n) is 3.84. The average Bonchev–Trinajstić information content (AvgIpc) is 2.50. The Kier molecular flexibility index (Phi) is 1.63. The highest BCUT2D eigenvalue weighted by molar-refractivity contribution is 5.15. The van der Waals surface area contributed by atoms with Crippen molar-refractivity contribution in [3.63, 3.8) is 0 Å². The first-order chi connectivity index (χ1) is 5.40. The largest absolute Gasteiger partial charge is 0.347 e. The van der Waals surface area contributed by atoms with Gasteiger partial charge in [-0.25, -0.2) is 4.98 Å². The van der Waals surface area contributed by atoms with Crippen molar-refractivity contribution in [2.24, 2.45) is 5.73 Å². The molecule has 2 heterocycles. The predicted octanol–water partition coefficient (Wildman–Crippen LogP) is -0.617. The first-order valence-corrected chi connectivity index (χ1v) is 3.84. The van der Waals surface area contributed by atoms with Gasteiger partial charge in [0.1, 0.15) is 0 Å². The standard InChI is InChI=1S/C7H12N4/c8-2-5-1-6-7(3-9-5)11-4-10-6/h4-5,9H,1-3,8H2,(H,10,11). The number of rotatable bonds is 1. The summed E-state index contributed by atoms with van der Waals surface area (Å²) in [5.41, 5.74) is 7.90. The van der Waals surface area contributed by atoms with E-state index in [1.807, 2.05) is 0 Å². The van der Waals surface area contributed by atoms with E-state index in [1.54, 1.807) is 6.33 Å². The lowest BCUT2D eigenvalue weighted by molar-refractivity contribution is 0.478. The number of nitrogens with zero attached hydrogens (tertiary/aromatic N) is 1. The minimum atomic E-state index is 0.408. The molecular weight excluding hydrogens is 140 g/mol. The predicted molar refractivity (Wildman–Crippen MR) is 42.0 cm³/mol. The first kappa shape index (κ1) is 6.82. The van der Waals surface area contributed by atoms with E-state index in [2.05, 4.69) is 15.3 Å². The molecule has 0 aromatic carbocycles. The summed E-state index contributed by atoms with van der Waals surface area (Å²) in [5, 5.41) is 3.31. The van der Waals surface area contributed by atoms with Crippen LogP contribution in [0.25, 0.3) is 0 Å². The number of aromatic amines is 1. The Bertz CT molecular complexity index is 242. The van der Waals surface area contributed by atoms with Gasteiger partial charge in [0, 0.05) is 25.6 Å². The van der Waals surface area contributed by atoms with Crippen LogP contribution in [0.3, 0.4) is 0 Å². The van der Waals surface area contributed by atoms with Crippen molar-refractivity contribution < 1.29 is 0 Å². The second-order valence-electron chi connectivity index (χ2n) is 2.85. The fourth-order valence-corrected chi connectivity index (χ4v) is 1.40. The van der Waals surface area contributed by atoms with Crippen molar-refractivity contribution in [3.05, 3.63) is 17.7 Å². The molecule has 0 radical (unpaired) electrons. The van der Waals surface area contributed by atoms with Gasteiger partial charge in [-0.2, -0.15) is 0 Å². The van der Waals surface area contributed by atoms with Gasteiger partial charge in [0.25, 0.3) is 0 Å². The van der Waals surface area contributed by atoms with Gasteiger partial charge < -0.3 is 16.0 Å². The number of nitrogens with one attached hydrogen (secondary N) is 2. The Morgan fingerprint density at radius 3 is 3.45 bits per heavy atom. The lowest BCUT2D eigenvalue weighted by Gasteiger charge is -2.20. The second kappa shape index (κ2) is 2.64. The van der Waals surface area contributed by atoms with Crippen LogP contribution < -0.4 is 11.1 Å². The summed E-state index contributed by atoms with van der Waals surface area (Å²) in [4.78, 5) is 7.29. The maximum Gasteiger partial charge on any atom is 0.0925 e. The molecule has 1 aliphatic heterocycles. The molecule has 0 spiro atoms. The molecule has 1 aromatic heterocycles. The lowest BCUT2D eigenvalue weighted by atomic mass is 10.1. The van der Waals surface area contributed by atoms with Gasteiger partial charge in [0.15, 0.2) is 0 Å². The summed E-state index contributed by atoms with van der Waals surface area (Å²) in [7, 11) is 0. The molecule has 4 N–H and O–H groups in total. The number of nitrogens with two attached hydrogens (primary N) is 1. The number of imidazole rings is 1. The van der Waals surface area contributed by atoms with E-state index in [4.69, 9.17) is 5.73 Å². The second-order valence-corrected chi connectivity index (χ2v) is 2.85. The highest BCUT2D eigenvalue weighted by Crippen LogP contribution is 2.10. The van der Waals surface area contributed by atoms with E-state index in [0.717, 1.165) is 13.0 Å². The molecule has 0 saturated heterocycles. The van der Waals surface area contributed by atoms with E-state index in [0.29, 0.717) is 12.6 Å². The number of fused-ring (bicyclic) bond motifs is 1. The summed E-state index contributed by atoms with van der Waals surface area (Å²) >= 11 is 0. The molecule has 4 nitrogen and oxygen atoms in total. The molecule has 1 aliphatic rings. The SMILES string of the molecule is NCC1Cc2nc[nH]c2CN1. The number of aromatic nitrogens is 2. The molecule has 4 heteroatoms. The van der Waals surface area contributed by atoms with E-state index < -0.39 is 0 Å². The Morgan fingerprint density at radius 2 is 2.64 bits per heavy atom. The molecule has 0 bridgehead atoms. The van der Waals surface area contributed by atoms with E-state index >= 15 is 0 Å². The molecule has 11 heavy (non-hydrogen) atoms. The fourth-order valence-electron chi connectivity index (χ4n) is 1.40. The van der Waals surface area contributed by atoms with Crippen LogP contribution in [-0.2, 0) is 13.0 Å². The summed E-state index contributed by atoms with van der Waals surface area (Å²) in [6.45, 7) is 1.56.